The first-order valence-electron chi connectivity index (χ1n) is 7.71. The molecular formula is C16H21N3O4. The molecule has 1 aromatic carbocycles. The fourth-order valence-corrected chi connectivity index (χ4v) is 2.60. The number of ether oxygens (including phenoxy) is 2. The maximum atomic E-state index is 12.3. The fourth-order valence-electron chi connectivity index (χ4n) is 2.60. The van der Waals surface area contributed by atoms with Crippen LogP contribution in [-0.4, -0.2) is 49.9 Å². The van der Waals surface area contributed by atoms with E-state index >= 15 is 0 Å². The molecule has 1 fully saturated rings. The van der Waals surface area contributed by atoms with Crippen LogP contribution in [0.5, 0.6) is 0 Å². The standard InChI is InChI=1S/C16H21N3O4/c1-10-15(17-6-8-22-10)16(20)18-11-3-4-13-12(9-11)19-14(23-13)5-7-21-2/h3-4,9-10,15,17H,5-8H2,1-2H3,(H,18,20)/t10-,15+/m1/s1. The number of fused-ring (bicyclic) bond motifs is 1. The third kappa shape index (κ3) is 3.69. The Morgan fingerprint density at radius 1 is 1.52 bits per heavy atom. The molecule has 1 aromatic heterocycles. The van der Waals surface area contributed by atoms with E-state index in [2.05, 4.69) is 15.6 Å². The number of amides is 1. The number of hydrogen-bond acceptors (Lipinski definition) is 6. The molecule has 2 N–H and O–H groups in total. The zero-order valence-corrected chi connectivity index (χ0v) is 13.3. The summed E-state index contributed by atoms with van der Waals surface area (Å²) in [6, 6.07) is 5.07. The van der Waals surface area contributed by atoms with E-state index in [0.29, 0.717) is 43.3 Å². The number of aromatic nitrogens is 1. The molecule has 23 heavy (non-hydrogen) atoms. The molecule has 7 heteroatoms. The van der Waals surface area contributed by atoms with Gasteiger partial charge >= 0.3 is 0 Å². The van der Waals surface area contributed by atoms with Gasteiger partial charge in [0.05, 0.1) is 19.3 Å². The van der Waals surface area contributed by atoms with Crippen LogP contribution in [-0.2, 0) is 20.7 Å². The van der Waals surface area contributed by atoms with Gasteiger partial charge in [-0.05, 0) is 25.1 Å². The summed E-state index contributed by atoms with van der Waals surface area (Å²) < 4.78 is 16.1. The molecule has 0 saturated carbocycles. The molecule has 1 aliphatic rings. The second-order valence-corrected chi connectivity index (χ2v) is 5.53. The third-order valence-corrected chi connectivity index (χ3v) is 3.82. The van der Waals surface area contributed by atoms with Gasteiger partial charge < -0.3 is 24.5 Å². The van der Waals surface area contributed by atoms with Crippen molar-refractivity contribution in [1.82, 2.24) is 10.3 Å². The van der Waals surface area contributed by atoms with Crippen LogP contribution in [0.3, 0.4) is 0 Å². The highest BCUT2D eigenvalue weighted by Crippen LogP contribution is 2.21. The highest BCUT2D eigenvalue weighted by molar-refractivity contribution is 5.96. The Labute approximate surface area is 134 Å². The van der Waals surface area contributed by atoms with Gasteiger partial charge in [0.25, 0.3) is 0 Å². The van der Waals surface area contributed by atoms with Crippen LogP contribution in [0.4, 0.5) is 5.69 Å². The van der Waals surface area contributed by atoms with Crippen molar-refractivity contribution in [2.24, 2.45) is 0 Å². The second-order valence-electron chi connectivity index (χ2n) is 5.53. The van der Waals surface area contributed by atoms with Gasteiger partial charge in [-0.15, -0.1) is 0 Å². The third-order valence-electron chi connectivity index (χ3n) is 3.82. The number of nitrogens with one attached hydrogen (secondary N) is 2. The zero-order chi connectivity index (χ0) is 16.2. The van der Waals surface area contributed by atoms with Crippen molar-refractivity contribution in [3.8, 4) is 0 Å². The number of carbonyl (C=O) groups is 1. The number of hydrogen-bond donors (Lipinski definition) is 2. The van der Waals surface area contributed by atoms with Crippen LogP contribution in [0.2, 0.25) is 0 Å². The quantitative estimate of drug-likeness (QED) is 0.865. The summed E-state index contributed by atoms with van der Waals surface area (Å²) in [5.74, 6) is 0.515. The molecule has 0 spiro atoms. The molecule has 2 heterocycles. The Balaban J connectivity index is 1.71. The molecule has 0 unspecified atom stereocenters. The molecule has 0 radical (unpaired) electrons. The highest BCUT2D eigenvalue weighted by atomic mass is 16.5. The smallest absolute Gasteiger partial charge is 0.244 e. The Morgan fingerprint density at radius 2 is 2.39 bits per heavy atom. The molecule has 1 aliphatic heterocycles. The lowest BCUT2D eigenvalue weighted by Gasteiger charge is -2.29. The van der Waals surface area contributed by atoms with Crippen LogP contribution in [0.1, 0.15) is 12.8 Å². The monoisotopic (exact) mass is 319 g/mol. The summed E-state index contributed by atoms with van der Waals surface area (Å²) in [7, 11) is 1.64. The number of morpholine rings is 1. The molecule has 2 atom stereocenters. The number of anilines is 1. The van der Waals surface area contributed by atoms with Gasteiger partial charge in [0.1, 0.15) is 11.6 Å². The molecule has 0 aliphatic carbocycles. The predicted octanol–water partition coefficient (Wildman–Crippen LogP) is 1.33. The van der Waals surface area contributed by atoms with Crippen LogP contribution >= 0.6 is 0 Å². The first-order chi connectivity index (χ1) is 11.2. The van der Waals surface area contributed by atoms with Gasteiger partial charge in [0.15, 0.2) is 11.5 Å². The van der Waals surface area contributed by atoms with Gasteiger partial charge in [-0.2, -0.15) is 0 Å². The van der Waals surface area contributed by atoms with E-state index in [1.165, 1.54) is 0 Å². The van der Waals surface area contributed by atoms with Crippen LogP contribution in [0.15, 0.2) is 22.6 Å². The van der Waals surface area contributed by atoms with E-state index in [0.717, 1.165) is 5.52 Å². The average Bonchev–Trinajstić information content (AvgIpc) is 2.95. The molecule has 2 aromatic rings. The highest BCUT2D eigenvalue weighted by Gasteiger charge is 2.28. The van der Waals surface area contributed by atoms with Crippen molar-refractivity contribution in [1.29, 1.82) is 0 Å². The summed E-state index contributed by atoms with van der Waals surface area (Å²) in [6.07, 6.45) is 0.466. The Bertz CT molecular complexity index is 685. The number of benzene rings is 1. The molecule has 124 valence electrons. The SMILES string of the molecule is COCCc1nc2cc(NC(=O)[C@H]3NCCO[C@@H]3C)ccc2o1. The van der Waals surface area contributed by atoms with Crippen molar-refractivity contribution < 1.29 is 18.7 Å². The van der Waals surface area contributed by atoms with Crippen molar-refractivity contribution >= 4 is 22.7 Å². The van der Waals surface area contributed by atoms with Gasteiger partial charge in [-0.1, -0.05) is 0 Å². The molecule has 3 rings (SSSR count). The van der Waals surface area contributed by atoms with Crippen molar-refractivity contribution in [3.63, 3.8) is 0 Å². The number of methoxy groups -OCH3 is 1. The Morgan fingerprint density at radius 3 is 3.17 bits per heavy atom. The van der Waals surface area contributed by atoms with E-state index in [-0.39, 0.29) is 18.1 Å². The van der Waals surface area contributed by atoms with Gasteiger partial charge in [-0.3, -0.25) is 4.79 Å². The molecule has 1 saturated heterocycles. The normalized spacial score (nSPS) is 21.5. The first-order valence-corrected chi connectivity index (χ1v) is 7.71. The number of carbonyl (C=O) groups excluding carboxylic acids is 1. The minimum absolute atomic E-state index is 0.111. The zero-order valence-electron chi connectivity index (χ0n) is 13.3. The molecule has 1 amide bonds. The lowest BCUT2D eigenvalue weighted by Crippen LogP contribution is -2.53. The average molecular weight is 319 g/mol. The van der Waals surface area contributed by atoms with Gasteiger partial charge in [0.2, 0.25) is 5.91 Å². The second kappa shape index (κ2) is 7.08. The van der Waals surface area contributed by atoms with Crippen molar-refractivity contribution in [3.05, 3.63) is 24.1 Å². The first kappa shape index (κ1) is 15.9. The summed E-state index contributed by atoms with van der Waals surface area (Å²) >= 11 is 0. The van der Waals surface area contributed by atoms with E-state index < -0.39 is 0 Å². The summed E-state index contributed by atoms with van der Waals surface area (Å²) in [6.45, 7) is 3.74. The number of nitrogens with zero attached hydrogens (tertiary/aromatic N) is 1. The van der Waals surface area contributed by atoms with E-state index in [9.17, 15) is 4.79 Å². The predicted molar refractivity (Wildman–Crippen MR) is 85.4 cm³/mol. The Hall–Kier alpha value is -1.96. The van der Waals surface area contributed by atoms with Gasteiger partial charge in [-0.25, -0.2) is 4.98 Å². The molecule has 0 bridgehead atoms. The van der Waals surface area contributed by atoms with Crippen LogP contribution in [0, 0.1) is 0 Å². The summed E-state index contributed by atoms with van der Waals surface area (Å²) in [5, 5.41) is 6.07. The number of oxazole rings is 1. The van der Waals surface area contributed by atoms with E-state index in [1.807, 2.05) is 13.0 Å². The minimum Gasteiger partial charge on any atom is -0.441 e. The van der Waals surface area contributed by atoms with Crippen LogP contribution < -0.4 is 10.6 Å². The lowest BCUT2D eigenvalue weighted by molar-refractivity contribution is -0.123. The largest absolute Gasteiger partial charge is 0.441 e. The maximum absolute atomic E-state index is 12.3. The number of rotatable bonds is 5. The summed E-state index contributed by atoms with van der Waals surface area (Å²) in [4.78, 5) is 16.8. The summed E-state index contributed by atoms with van der Waals surface area (Å²) in [5.41, 5.74) is 2.10. The Kier molecular flexibility index (Phi) is 4.90. The van der Waals surface area contributed by atoms with E-state index in [4.69, 9.17) is 13.9 Å². The molecular weight excluding hydrogens is 298 g/mol. The minimum atomic E-state index is -0.353. The topological polar surface area (TPSA) is 85.6 Å². The fraction of sp³-hybridized carbons (Fsp3) is 0.500. The maximum Gasteiger partial charge on any atom is 0.244 e. The van der Waals surface area contributed by atoms with Gasteiger partial charge in [0, 0.05) is 25.8 Å². The van der Waals surface area contributed by atoms with Crippen molar-refractivity contribution in [2.45, 2.75) is 25.5 Å². The van der Waals surface area contributed by atoms with E-state index in [1.54, 1.807) is 19.2 Å². The van der Waals surface area contributed by atoms with Crippen LogP contribution in [0.25, 0.3) is 11.1 Å². The molecule has 7 nitrogen and oxygen atoms in total. The van der Waals surface area contributed by atoms with Crippen molar-refractivity contribution in [2.75, 3.05) is 32.2 Å². The lowest BCUT2D eigenvalue weighted by atomic mass is 10.1.